The van der Waals surface area contributed by atoms with E-state index in [0.29, 0.717) is 29.5 Å². The van der Waals surface area contributed by atoms with Gasteiger partial charge >= 0.3 is 0 Å². The van der Waals surface area contributed by atoms with Crippen LogP contribution in [-0.2, 0) is 6.61 Å². The first-order valence-corrected chi connectivity index (χ1v) is 11.5. The normalized spacial score (nSPS) is 10.9. The molecular weight excluding hydrogens is 436 g/mol. The van der Waals surface area contributed by atoms with Crippen molar-refractivity contribution in [2.45, 2.75) is 27.4 Å². The average molecular weight is 463 g/mol. The number of aryl methyl sites for hydroxylation is 3. The first kappa shape index (κ1) is 22.4. The minimum absolute atomic E-state index is 0.191. The minimum Gasteiger partial charge on any atom is -0.489 e. The zero-order valence-electron chi connectivity index (χ0n) is 20.0. The highest BCUT2D eigenvalue weighted by Crippen LogP contribution is 2.29. The van der Waals surface area contributed by atoms with Crippen LogP contribution in [0, 0.1) is 20.8 Å². The summed E-state index contributed by atoms with van der Waals surface area (Å²) in [6.07, 6.45) is 0. The third-order valence-electron chi connectivity index (χ3n) is 6.10. The molecule has 1 amide bonds. The summed E-state index contributed by atoms with van der Waals surface area (Å²) in [5.41, 5.74) is 8.02. The second-order valence-corrected chi connectivity index (χ2v) is 8.71. The number of carbonyl (C=O) groups is 1. The van der Waals surface area contributed by atoms with Crippen LogP contribution in [0.25, 0.3) is 22.6 Å². The molecule has 5 nitrogen and oxygen atoms in total. The molecule has 5 rings (SSSR count). The fourth-order valence-corrected chi connectivity index (χ4v) is 3.83. The Morgan fingerprint density at radius 1 is 0.857 bits per heavy atom. The summed E-state index contributed by atoms with van der Waals surface area (Å²) in [6.45, 7) is 6.55. The molecule has 174 valence electrons. The predicted molar refractivity (Wildman–Crippen MR) is 139 cm³/mol. The van der Waals surface area contributed by atoms with Crippen LogP contribution in [-0.4, -0.2) is 10.9 Å². The molecule has 0 spiro atoms. The van der Waals surface area contributed by atoms with Crippen LogP contribution in [0.2, 0.25) is 0 Å². The second-order valence-electron chi connectivity index (χ2n) is 8.71. The van der Waals surface area contributed by atoms with Gasteiger partial charge in [-0.05, 0) is 91.6 Å². The van der Waals surface area contributed by atoms with E-state index < -0.39 is 0 Å². The number of rotatable bonds is 6. The minimum atomic E-state index is -0.191. The summed E-state index contributed by atoms with van der Waals surface area (Å²) in [5.74, 6) is 1.05. The van der Waals surface area contributed by atoms with Crippen molar-refractivity contribution in [3.63, 3.8) is 0 Å². The van der Waals surface area contributed by atoms with Gasteiger partial charge in [0.1, 0.15) is 17.9 Å². The molecule has 0 atom stereocenters. The second kappa shape index (κ2) is 9.47. The summed E-state index contributed by atoms with van der Waals surface area (Å²) < 4.78 is 11.8. The van der Waals surface area contributed by atoms with E-state index in [0.717, 1.165) is 33.4 Å². The lowest BCUT2D eigenvalue weighted by Crippen LogP contribution is -2.12. The largest absolute Gasteiger partial charge is 0.489 e. The van der Waals surface area contributed by atoms with Gasteiger partial charge in [-0.1, -0.05) is 36.4 Å². The zero-order chi connectivity index (χ0) is 24.4. The number of benzene rings is 4. The summed E-state index contributed by atoms with van der Waals surface area (Å²) in [4.78, 5) is 17.6. The molecule has 35 heavy (non-hydrogen) atoms. The standard InChI is InChI=1S/C30H26N2O3/c1-19-9-10-24(30-32-27-15-20(2)21(3)16-28(27)35-30)17-26(19)31-29(33)23-11-13-25(14-12-23)34-18-22-7-5-4-6-8-22/h4-17H,18H2,1-3H3,(H,31,33). The number of ether oxygens (including phenoxy) is 1. The van der Waals surface area contributed by atoms with Crippen LogP contribution in [0.15, 0.2) is 89.3 Å². The molecule has 0 aliphatic carbocycles. The van der Waals surface area contributed by atoms with E-state index in [-0.39, 0.29) is 5.91 Å². The summed E-state index contributed by atoms with van der Waals surface area (Å²) in [6, 6.07) is 27.0. The number of aromatic nitrogens is 1. The average Bonchev–Trinajstić information content (AvgIpc) is 3.28. The Kier molecular flexibility index (Phi) is 6.06. The lowest BCUT2D eigenvalue weighted by Gasteiger charge is -2.11. The molecule has 1 heterocycles. The first-order valence-electron chi connectivity index (χ1n) is 11.5. The number of nitrogens with one attached hydrogen (secondary N) is 1. The first-order chi connectivity index (χ1) is 17.0. The van der Waals surface area contributed by atoms with E-state index in [1.54, 1.807) is 12.1 Å². The Morgan fingerprint density at radius 2 is 1.60 bits per heavy atom. The molecule has 0 fully saturated rings. The zero-order valence-corrected chi connectivity index (χ0v) is 20.0. The SMILES string of the molecule is Cc1cc2nc(-c3ccc(C)c(NC(=O)c4ccc(OCc5ccccc5)cc4)c3)oc2cc1C. The topological polar surface area (TPSA) is 64.4 Å². The fraction of sp³-hybridized carbons (Fsp3) is 0.133. The van der Waals surface area contributed by atoms with Crippen molar-refractivity contribution < 1.29 is 13.9 Å². The molecule has 0 bridgehead atoms. The Morgan fingerprint density at radius 3 is 2.37 bits per heavy atom. The maximum Gasteiger partial charge on any atom is 0.255 e. The lowest BCUT2D eigenvalue weighted by molar-refractivity contribution is 0.102. The lowest BCUT2D eigenvalue weighted by atomic mass is 10.1. The van der Waals surface area contributed by atoms with Crippen molar-refractivity contribution >= 4 is 22.7 Å². The van der Waals surface area contributed by atoms with Gasteiger partial charge in [0.2, 0.25) is 5.89 Å². The molecule has 0 unspecified atom stereocenters. The Hall–Kier alpha value is -4.38. The third-order valence-corrected chi connectivity index (χ3v) is 6.10. The van der Waals surface area contributed by atoms with Crippen LogP contribution in [0.5, 0.6) is 5.75 Å². The molecule has 1 N–H and O–H groups in total. The molecule has 5 heteroatoms. The molecule has 4 aromatic carbocycles. The van der Waals surface area contributed by atoms with Gasteiger partial charge in [0, 0.05) is 16.8 Å². The highest BCUT2D eigenvalue weighted by molar-refractivity contribution is 6.05. The van der Waals surface area contributed by atoms with Crippen LogP contribution in [0.3, 0.4) is 0 Å². The van der Waals surface area contributed by atoms with Gasteiger partial charge in [-0.25, -0.2) is 4.98 Å². The maximum absolute atomic E-state index is 12.9. The van der Waals surface area contributed by atoms with Crippen molar-refractivity contribution in [3.8, 4) is 17.2 Å². The number of hydrogen-bond acceptors (Lipinski definition) is 4. The van der Waals surface area contributed by atoms with Crippen LogP contribution < -0.4 is 10.1 Å². The summed E-state index contributed by atoms with van der Waals surface area (Å²) in [5, 5.41) is 3.02. The highest BCUT2D eigenvalue weighted by atomic mass is 16.5. The summed E-state index contributed by atoms with van der Waals surface area (Å²) in [7, 11) is 0. The molecule has 0 radical (unpaired) electrons. The Balaban J connectivity index is 1.31. The molecule has 0 aliphatic rings. The number of nitrogens with zero attached hydrogens (tertiary/aromatic N) is 1. The number of carbonyl (C=O) groups excluding carboxylic acids is 1. The van der Waals surface area contributed by atoms with E-state index in [1.165, 1.54) is 5.56 Å². The van der Waals surface area contributed by atoms with E-state index in [9.17, 15) is 4.79 Å². The van der Waals surface area contributed by atoms with E-state index in [2.05, 4.69) is 24.1 Å². The van der Waals surface area contributed by atoms with E-state index in [4.69, 9.17) is 9.15 Å². The maximum atomic E-state index is 12.9. The van der Waals surface area contributed by atoms with E-state index >= 15 is 0 Å². The van der Waals surface area contributed by atoms with Crippen LogP contribution in [0.1, 0.15) is 32.6 Å². The highest BCUT2D eigenvalue weighted by Gasteiger charge is 2.13. The smallest absolute Gasteiger partial charge is 0.255 e. The Bertz CT molecular complexity index is 1460. The third kappa shape index (κ3) is 4.94. The number of anilines is 1. The van der Waals surface area contributed by atoms with E-state index in [1.807, 2.05) is 79.7 Å². The van der Waals surface area contributed by atoms with Crippen molar-refractivity contribution in [1.29, 1.82) is 0 Å². The molecule has 0 saturated heterocycles. The van der Waals surface area contributed by atoms with Crippen LogP contribution >= 0.6 is 0 Å². The number of fused-ring (bicyclic) bond motifs is 1. The molecule has 1 aromatic heterocycles. The number of amides is 1. The van der Waals surface area contributed by atoms with Gasteiger partial charge in [0.25, 0.3) is 5.91 Å². The quantitative estimate of drug-likeness (QED) is 0.289. The van der Waals surface area contributed by atoms with Crippen molar-refractivity contribution in [3.05, 3.63) is 113 Å². The molecule has 0 saturated carbocycles. The molecule has 0 aliphatic heterocycles. The molecule has 5 aromatic rings. The van der Waals surface area contributed by atoms with Gasteiger partial charge in [-0.3, -0.25) is 4.79 Å². The summed E-state index contributed by atoms with van der Waals surface area (Å²) >= 11 is 0. The van der Waals surface area contributed by atoms with Gasteiger partial charge in [-0.2, -0.15) is 0 Å². The molecular formula is C30H26N2O3. The van der Waals surface area contributed by atoms with Gasteiger partial charge in [0.05, 0.1) is 0 Å². The fourth-order valence-electron chi connectivity index (χ4n) is 3.83. The van der Waals surface area contributed by atoms with Crippen molar-refractivity contribution in [2.24, 2.45) is 0 Å². The van der Waals surface area contributed by atoms with Gasteiger partial charge in [0.15, 0.2) is 5.58 Å². The number of oxazole rings is 1. The van der Waals surface area contributed by atoms with Crippen molar-refractivity contribution in [1.82, 2.24) is 4.98 Å². The van der Waals surface area contributed by atoms with Gasteiger partial charge < -0.3 is 14.5 Å². The van der Waals surface area contributed by atoms with Gasteiger partial charge in [-0.15, -0.1) is 0 Å². The van der Waals surface area contributed by atoms with Crippen molar-refractivity contribution in [2.75, 3.05) is 5.32 Å². The van der Waals surface area contributed by atoms with Crippen LogP contribution in [0.4, 0.5) is 5.69 Å². The Labute approximate surface area is 204 Å². The monoisotopic (exact) mass is 462 g/mol. The number of hydrogen-bond donors (Lipinski definition) is 1. The predicted octanol–water partition coefficient (Wildman–Crippen LogP) is 7.25.